The van der Waals surface area contributed by atoms with Crippen molar-refractivity contribution >= 4 is 23.3 Å². The van der Waals surface area contributed by atoms with E-state index in [1.807, 2.05) is 39.8 Å². The number of hydrogen-bond acceptors (Lipinski definition) is 4. The minimum absolute atomic E-state index is 0.0719. The van der Waals surface area contributed by atoms with E-state index in [1.54, 1.807) is 37.4 Å². The summed E-state index contributed by atoms with van der Waals surface area (Å²) in [6.45, 7) is 9.89. The molecule has 0 aliphatic carbocycles. The average molecular weight is 495 g/mol. The first-order valence-electron chi connectivity index (χ1n) is 13.0. The summed E-state index contributed by atoms with van der Waals surface area (Å²) < 4.78 is 5.66. The number of hydrogen-bond donors (Lipinski definition) is 2. The number of ether oxygens (including phenoxy) is 1. The molecule has 36 heavy (non-hydrogen) atoms. The third-order valence-electron chi connectivity index (χ3n) is 5.99. The van der Waals surface area contributed by atoms with Crippen LogP contribution in [0.5, 0.6) is 5.75 Å². The molecule has 2 rings (SSSR count). The Hall–Kier alpha value is -3.15. The first-order valence-corrected chi connectivity index (χ1v) is 13.0. The lowest BCUT2D eigenvalue weighted by molar-refractivity contribution is -0.116. The van der Waals surface area contributed by atoms with Gasteiger partial charge in [0, 0.05) is 23.9 Å². The van der Waals surface area contributed by atoms with Crippen LogP contribution in [0.25, 0.3) is 0 Å². The fourth-order valence-electron chi connectivity index (χ4n) is 4.22. The van der Waals surface area contributed by atoms with Crippen LogP contribution in [-0.2, 0) is 4.79 Å². The molecule has 0 aliphatic heterocycles. The van der Waals surface area contributed by atoms with Crippen LogP contribution in [0.2, 0.25) is 0 Å². The number of anilines is 1. The summed E-state index contributed by atoms with van der Waals surface area (Å²) in [7, 11) is 1.60. The van der Waals surface area contributed by atoms with E-state index in [0.29, 0.717) is 29.0 Å². The van der Waals surface area contributed by atoms with Gasteiger partial charge in [0.05, 0.1) is 18.4 Å². The molecule has 2 amide bonds. The third-order valence-corrected chi connectivity index (χ3v) is 5.99. The number of carbonyl (C=O) groups is 3. The number of methoxy groups -OCH3 is 1. The van der Waals surface area contributed by atoms with Gasteiger partial charge in [0.2, 0.25) is 5.91 Å². The number of para-hydroxylation sites is 1. The fourth-order valence-corrected chi connectivity index (χ4v) is 4.22. The predicted molar refractivity (Wildman–Crippen MR) is 146 cm³/mol. The van der Waals surface area contributed by atoms with Crippen molar-refractivity contribution in [2.75, 3.05) is 12.4 Å². The normalized spacial score (nSPS) is 12.1. The summed E-state index contributed by atoms with van der Waals surface area (Å²) in [5.74, 6) is 0.258. The van der Waals surface area contributed by atoms with Gasteiger partial charge in [-0.25, -0.2) is 0 Å². The first kappa shape index (κ1) is 29.1. The summed E-state index contributed by atoms with van der Waals surface area (Å²) in [6.07, 6.45) is 5.49. The smallest absolute Gasteiger partial charge is 0.253 e. The van der Waals surface area contributed by atoms with Gasteiger partial charge in [0.15, 0.2) is 5.78 Å². The van der Waals surface area contributed by atoms with Crippen molar-refractivity contribution in [3.05, 3.63) is 59.2 Å². The maximum Gasteiger partial charge on any atom is 0.253 e. The molecule has 6 nitrogen and oxygen atoms in total. The third kappa shape index (κ3) is 8.81. The Labute approximate surface area is 216 Å². The molecular weight excluding hydrogens is 452 g/mol. The minimum Gasteiger partial charge on any atom is -0.496 e. The van der Waals surface area contributed by atoms with E-state index in [0.717, 1.165) is 37.7 Å². The summed E-state index contributed by atoms with van der Waals surface area (Å²) in [6, 6.07) is 12.6. The molecule has 0 spiro atoms. The van der Waals surface area contributed by atoms with Gasteiger partial charge >= 0.3 is 0 Å². The number of carbonyl (C=O) groups excluding carboxylic acids is 3. The number of unbranched alkanes of at least 4 members (excludes halogenated alkanes) is 2. The van der Waals surface area contributed by atoms with Gasteiger partial charge in [0.25, 0.3) is 5.91 Å². The molecular formula is C30H42N2O4. The Balaban J connectivity index is 2.27. The lowest BCUT2D eigenvalue weighted by Crippen LogP contribution is -2.40. The molecule has 0 aromatic heterocycles. The molecule has 0 aliphatic rings. The monoisotopic (exact) mass is 494 g/mol. The second-order valence-electron chi connectivity index (χ2n) is 10.3. The van der Waals surface area contributed by atoms with Gasteiger partial charge in [-0.2, -0.15) is 0 Å². The molecule has 0 radical (unpaired) electrons. The van der Waals surface area contributed by atoms with Crippen molar-refractivity contribution in [3.8, 4) is 5.75 Å². The number of amides is 2. The first-order chi connectivity index (χ1) is 17.1. The standard InChI is InChI=1S/C30H42N2O4/c1-7-9-10-14-21(23-18-17-22(19-27(23)36-6)26(33)13-8-2)20-28(34)31-25-16-12-11-15-24(25)29(35)32-30(3,4)5/h11-12,15-19,21H,7-10,13-14,20H2,1-6H3,(H,31,34)(H,32,35). The molecule has 0 heterocycles. The maximum absolute atomic E-state index is 13.2. The highest BCUT2D eigenvalue weighted by atomic mass is 16.5. The maximum atomic E-state index is 13.2. The lowest BCUT2D eigenvalue weighted by Gasteiger charge is -2.22. The number of ketones is 1. The van der Waals surface area contributed by atoms with E-state index in [2.05, 4.69) is 17.6 Å². The zero-order valence-electron chi connectivity index (χ0n) is 22.7. The van der Waals surface area contributed by atoms with Crippen molar-refractivity contribution < 1.29 is 19.1 Å². The minimum atomic E-state index is -0.389. The van der Waals surface area contributed by atoms with Crippen LogP contribution in [0.15, 0.2) is 42.5 Å². The number of Topliss-reactive ketones (excluding diaryl/α,β-unsaturated/α-hetero) is 1. The molecule has 2 N–H and O–H groups in total. The van der Waals surface area contributed by atoms with Crippen molar-refractivity contribution in [2.45, 2.75) is 91.0 Å². The van der Waals surface area contributed by atoms with Gasteiger partial charge in [-0.1, -0.05) is 57.4 Å². The van der Waals surface area contributed by atoms with E-state index < -0.39 is 0 Å². The van der Waals surface area contributed by atoms with Gasteiger partial charge in [-0.05, 0) is 63.3 Å². The fraction of sp³-hybridized carbons (Fsp3) is 0.500. The van der Waals surface area contributed by atoms with Crippen molar-refractivity contribution in [2.24, 2.45) is 0 Å². The number of benzene rings is 2. The van der Waals surface area contributed by atoms with E-state index in [9.17, 15) is 14.4 Å². The number of nitrogens with one attached hydrogen (secondary N) is 2. The quantitative estimate of drug-likeness (QED) is 0.234. The summed E-state index contributed by atoms with van der Waals surface area (Å²) in [5.41, 5.74) is 2.09. The van der Waals surface area contributed by atoms with Crippen molar-refractivity contribution in [3.63, 3.8) is 0 Å². The van der Waals surface area contributed by atoms with Crippen LogP contribution in [0.3, 0.4) is 0 Å². The largest absolute Gasteiger partial charge is 0.496 e. The van der Waals surface area contributed by atoms with Gasteiger partial charge in [0.1, 0.15) is 5.75 Å². The van der Waals surface area contributed by atoms with E-state index in [4.69, 9.17) is 4.74 Å². The van der Waals surface area contributed by atoms with Crippen molar-refractivity contribution in [1.82, 2.24) is 5.32 Å². The van der Waals surface area contributed by atoms with E-state index in [-0.39, 0.29) is 35.5 Å². The summed E-state index contributed by atoms with van der Waals surface area (Å²) in [5, 5.41) is 5.91. The van der Waals surface area contributed by atoms with Crippen LogP contribution in [-0.4, -0.2) is 30.2 Å². The molecule has 0 saturated carbocycles. The van der Waals surface area contributed by atoms with E-state index >= 15 is 0 Å². The predicted octanol–water partition coefficient (Wildman–Crippen LogP) is 6.90. The molecule has 0 bridgehead atoms. The van der Waals surface area contributed by atoms with Crippen LogP contribution < -0.4 is 15.4 Å². The molecule has 0 saturated heterocycles. The zero-order valence-corrected chi connectivity index (χ0v) is 22.7. The Bertz CT molecular complexity index is 1040. The molecule has 6 heteroatoms. The van der Waals surface area contributed by atoms with Crippen LogP contribution in [0.4, 0.5) is 5.69 Å². The van der Waals surface area contributed by atoms with Crippen molar-refractivity contribution in [1.29, 1.82) is 0 Å². The Morgan fingerprint density at radius 1 is 0.972 bits per heavy atom. The lowest BCUT2D eigenvalue weighted by atomic mass is 9.88. The SMILES string of the molecule is CCCCCC(CC(=O)Nc1ccccc1C(=O)NC(C)(C)C)c1ccc(C(=O)CCC)cc1OC. The highest BCUT2D eigenvalue weighted by Gasteiger charge is 2.23. The average Bonchev–Trinajstić information content (AvgIpc) is 2.82. The molecule has 2 aromatic rings. The highest BCUT2D eigenvalue weighted by molar-refractivity contribution is 6.04. The van der Waals surface area contributed by atoms with Crippen LogP contribution in [0.1, 0.15) is 112 Å². The van der Waals surface area contributed by atoms with Gasteiger partial charge in [-0.3, -0.25) is 14.4 Å². The molecule has 1 unspecified atom stereocenters. The second-order valence-corrected chi connectivity index (χ2v) is 10.3. The molecule has 1 atom stereocenters. The van der Waals surface area contributed by atoms with Crippen LogP contribution >= 0.6 is 0 Å². The Morgan fingerprint density at radius 3 is 2.33 bits per heavy atom. The molecule has 196 valence electrons. The summed E-state index contributed by atoms with van der Waals surface area (Å²) >= 11 is 0. The topological polar surface area (TPSA) is 84.5 Å². The number of rotatable bonds is 13. The second kappa shape index (κ2) is 13.8. The van der Waals surface area contributed by atoms with Gasteiger partial charge in [-0.15, -0.1) is 0 Å². The Morgan fingerprint density at radius 2 is 1.69 bits per heavy atom. The van der Waals surface area contributed by atoms with Gasteiger partial charge < -0.3 is 15.4 Å². The van der Waals surface area contributed by atoms with E-state index in [1.165, 1.54) is 0 Å². The highest BCUT2D eigenvalue weighted by Crippen LogP contribution is 2.34. The summed E-state index contributed by atoms with van der Waals surface area (Å²) in [4.78, 5) is 38.4. The Kier molecular flexibility index (Phi) is 11.2. The van der Waals surface area contributed by atoms with Crippen LogP contribution in [0, 0.1) is 0 Å². The molecule has 2 aromatic carbocycles. The molecule has 0 fully saturated rings. The zero-order chi connectivity index (χ0) is 26.7.